The van der Waals surface area contributed by atoms with Crippen LogP contribution in [0, 0.1) is 0 Å². The first-order valence-electron chi connectivity index (χ1n) is 9.66. The highest BCUT2D eigenvalue weighted by Crippen LogP contribution is 2.00. The van der Waals surface area contributed by atoms with Crippen LogP contribution >= 0.6 is 0 Å². The molecule has 1 unspecified atom stereocenters. The smallest absolute Gasteiger partial charge is 0.407 e. The SMILES string of the molecule is CC(=O)NC(CCC(=O)O)C(=O)O.O=C(O)CNC(=O)CCNC(=O)OCc1ccccc1. The molecule has 3 amide bonds. The van der Waals surface area contributed by atoms with Crippen LogP contribution in [0.2, 0.25) is 0 Å². The number of hydrogen-bond acceptors (Lipinski definition) is 7. The molecule has 1 rings (SSSR count). The molecule has 1 atom stereocenters. The van der Waals surface area contributed by atoms with E-state index in [4.69, 9.17) is 20.1 Å². The number of hydrogen-bond donors (Lipinski definition) is 6. The number of aliphatic carboxylic acids is 3. The Morgan fingerprint density at radius 3 is 2.06 bits per heavy atom. The molecule has 0 saturated carbocycles. The van der Waals surface area contributed by atoms with Crippen LogP contribution in [0.5, 0.6) is 0 Å². The second-order valence-electron chi connectivity index (χ2n) is 6.43. The molecule has 0 spiro atoms. The topological polar surface area (TPSA) is 208 Å². The second-order valence-corrected chi connectivity index (χ2v) is 6.43. The molecule has 13 nitrogen and oxygen atoms in total. The highest BCUT2D eigenvalue weighted by atomic mass is 16.5. The zero-order chi connectivity index (χ0) is 25.2. The van der Waals surface area contributed by atoms with E-state index >= 15 is 0 Å². The van der Waals surface area contributed by atoms with Crippen molar-refractivity contribution < 1.29 is 48.8 Å². The Hall–Kier alpha value is -4.16. The zero-order valence-corrected chi connectivity index (χ0v) is 17.9. The molecule has 0 saturated heterocycles. The van der Waals surface area contributed by atoms with Crippen LogP contribution < -0.4 is 16.0 Å². The average molecular weight is 469 g/mol. The fourth-order valence-corrected chi connectivity index (χ4v) is 2.09. The molecular formula is C20H27N3O10. The zero-order valence-electron chi connectivity index (χ0n) is 17.9. The van der Waals surface area contributed by atoms with Crippen LogP contribution in [0.3, 0.4) is 0 Å². The molecular weight excluding hydrogens is 442 g/mol. The van der Waals surface area contributed by atoms with Gasteiger partial charge in [0.2, 0.25) is 11.8 Å². The Morgan fingerprint density at radius 1 is 0.909 bits per heavy atom. The largest absolute Gasteiger partial charge is 0.481 e. The van der Waals surface area contributed by atoms with Gasteiger partial charge in [-0.3, -0.25) is 19.2 Å². The van der Waals surface area contributed by atoms with Crippen molar-refractivity contribution in [2.24, 2.45) is 0 Å². The lowest BCUT2D eigenvalue weighted by Crippen LogP contribution is -2.39. The standard InChI is InChI=1S/C13H16N2O5.C7H11NO5/c16-11(15-8-12(17)18)6-7-14-13(19)20-9-10-4-2-1-3-5-10;1-4(9)8-5(7(12)13)2-3-6(10)11/h1-5H,6-9H2,(H,14,19)(H,15,16)(H,17,18);5H,2-3H2,1H3,(H,8,9)(H,10,11)(H,12,13). The third-order valence-electron chi connectivity index (χ3n) is 3.59. The lowest BCUT2D eigenvalue weighted by molar-refractivity contribution is -0.142. The van der Waals surface area contributed by atoms with E-state index in [1.807, 2.05) is 30.3 Å². The number of carboxylic acid groups (broad SMARTS) is 3. The summed E-state index contributed by atoms with van der Waals surface area (Å²) < 4.78 is 4.93. The molecule has 0 aliphatic heterocycles. The van der Waals surface area contributed by atoms with E-state index < -0.39 is 48.4 Å². The van der Waals surface area contributed by atoms with E-state index in [0.717, 1.165) is 5.56 Å². The summed E-state index contributed by atoms with van der Waals surface area (Å²) in [5, 5.41) is 31.9. The van der Waals surface area contributed by atoms with Crippen molar-refractivity contribution in [1.82, 2.24) is 16.0 Å². The number of ether oxygens (including phenoxy) is 1. The molecule has 1 aromatic rings. The predicted octanol–water partition coefficient (Wildman–Crippen LogP) is -0.0558. The fraction of sp³-hybridized carbons (Fsp3) is 0.400. The third kappa shape index (κ3) is 17.2. The van der Waals surface area contributed by atoms with Crippen LogP contribution in [0.25, 0.3) is 0 Å². The number of carbonyl (C=O) groups excluding carboxylic acids is 3. The van der Waals surface area contributed by atoms with E-state index in [1.165, 1.54) is 6.92 Å². The summed E-state index contributed by atoms with van der Waals surface area (Å²) >= 11 is 0. The number of nitrogens with one attached hydrogen (secondary N) is 3. The van der Waals surface area contributed by atoms with Crippen molar-refractivity contribution in [2.45, 2.75) is 38.8 Å². The Bertz CT molecular complexity index is 814. The second kappa shape index (κ2) is 16.5. The Labute approximate surface area is 189 Å². The lowest BCUT2D eigenvalue weighted by Gasteiger charge is -2.10. The van der Waals surface area contributed by atoms with Crippen molar-refractivity contribution in [3.63, 3.8) is 0 Å². The molecule has 0 aliphatic rings. The van der Waals surface area contributed by atoms with Crippen LogP contribution in [-0.2, 0) is 35.3 Å². The Kier molecular flexibility index (Phi) is 14.4. The van der Waals surface area contributed by atoms with Crippen molar-refractivity contribution in [3.05, 3.63) is 35.9 Å². The maximum atomic E-state index is 11.3. The normalized spacial score (nSPS) is 10.5. The molecule has 0 fully saturated rings. The maximum absolute atomic E-state index is 11.3. The first-order chi connectivity index (χ1) is 15.5. The molecule has 0 aromatic heterocycles. The van der Waals surface area contributed by atoms with Crippen LogP contribution in [0.1, 0.15) is 31.7 Å². The van der Waals surface area contributed by atoms with Gasteiger partial charge >= 0.3 is 24.0 Å². The first kappa shape index (κ1) is 28.8. The van der Waals surface area contributed by atoms with E-state index in [0.29, 0.717) is 0 Å². The third-order valence-corrected chi connectivity index (χ3v) is 3.59. The summed E-state index contributed by atoms with van der Waals surface area (Å²) in [4.78, 5) is 63.7. The molecule has 0 radical (unpaired) electrons. The van der Waals surface area contributed by atoms with Gasteiger partial charge in [0.15, 0.2) is 0 Å². The summed E-state index contributed by atoms with van der Waals surface area (Å²) in [7, 11) is 0. The molecule has 1 aromatic carbocycles. The van der Waals surface area contributed by atoms with Gasteiger partial charge in [0.1, 0.15) is 19.2 Å². The maximum Gasteiger partial charge on any atom is 0.407 e. The number of carboxylic acids is 3. The minimum Gasteiger partial charge on any atom is -0.481 e. The Morgan fingerprint density at radius 2 is 1.55 bits per heavy atom. The van der Waals surface area contributed by atoms with E-state index in [1.54, 1.807) is 0 Å². The molecule has 0 aliphatic carbocycles. The van der Waals surface area contributed by atoms with Gasteiger partial charge in [-0.2, -0.15) is 0 Å². The quantitative estimate of drug-likeness (QED) is 0.240. The van der Waals surface area contributed by atoms with Crippen LogP contribution in [0.15, 0.2) is 30.3 Å². The van der Waals surface area contributed by atoms with E-state index in [9.17, 15) is 28.8 Å². The number of carbonyl (C=O) groups is 6. The van der Waals surface area contributed by atoms with Crippen molar-refractivity contribution in [3.8, 4) is 0 Å². The van der Waals surface area contributed by atoms with Gasteiger partial charge < -0.3 is 36.0 Å². The van der Waals surface area contributed by atoms with Gasteiger partial charge in [0, 0.05) is 26.3 Å². The van der Waals surface area contributed by atoms with Crippen LogP contribution in [0.4, 0.5) is 4.79 Å². The summed E-state index contributed by atoms with van der Waals surface area (Å²) in [6.45, 7) is 0.977. The number of benzene rings is 1. The number of amides is 3. The molecule has 33 heavy (non-hydrogen) atoms. The van der Waals surface area contributed by atoms with Crippen molar-refractivity contribution >= 4 is 35.8 Å². The van der Waals surface area contributed by atoms with E-state index in [2.05, 4.69) is 16.0 Å². The number of alkyl carbamates (subject to hydrolysis) is 1. The highest BCUT2D eigenvalue weighted by Gasteiger charge is 2.18. The lowest BCUT2D eigenvalue weighted by atomic mass is 10.1. The van der Waals surface area contributed by atoms with Gasteiger partial charge in [-0.25, -0.2) is 9.59 Å². The fourth-order valence-electron chi connectivity index (χ4n) is 2.09. The summed E-state index contributed by atoms with van der Waals surface area (Å²) in [5.74, 6) is -4.37. The molecule has 182 valence electrons. The molecule has 0 bridgehead atoms. The van der Waals surface area contributed by atoms with Crippen molar-refractivity contribution in [2.75, 3.05) is 13.1 Å². The van der Waals surface area contributed by atoms with Gasteiger partial charge in [-0.05, 0) is 12.0 Å². The minimum absolute atomic E-state index is 0.00623. The van der Waals surface area contributed by atoms with Gasteiger partial charge in [-0.15, -0.1) is 0 Å². The summed E-state index contributed by atoms with van der Waals surface area (Å²) in [6.07, 6.45) is -1.02. The van der Waals surface area contributed by atoms with Gasteiger partial charge in [0.05, 0.1) is 0 Å². The molecule has 6 N–H and O–H groups in total. The monoisotopic (exact) mass is 469 g/mol. The average Bonchev–Trinajstić information content (AvgIpc) is 2.74. The van der Waals surface area contributed by atoms with Crippen LogP contribution in [-0.4, -0.2) is 70.3 Å². The summed E-state index contributed by atoms with van der Waals surface area (Å²) in [5.41, 5.74) is 0.863. The first-order valence-corrected chi connectivity index (χ1v) is 9.66. The Balaban J connectivity index is 0.000000684. The summed E-state index contributed by atoms with van der Waals surface area (Å²) in [6, 6.07) is 8.07. The predicted molar refractivity (Wildman–Crippen MR) is 112 cm³/mol. The molecule has 0 heterocycles. The van der Waals surface area contributed by atoms with Gasteiger partial charge in [0.25, 0.3) is 0 Å². The van der Waals surface area contributed by atoms with Crippen molar-refractivity contribution in [1.29, 1.82) is 0 Å². The van der Waals surface area contributed by atoms with E-state index in [-0.39, 0.29) is 32.4 Å². The highest BCUT2D eigenvalue weighted by molar-refractivity contribution is 5.82. The molecule has 13 heteroatoms. The number of rotatable bonds is 12. The van der Waals surface area contributed by atoms with Gasteiger partial charge in [-0.1, -0.05) is 30.3 Å². The minimum atomic E-state index is -1.23.